The summed E-state index contributed by atoms with van der Waals surface area (Å²) in [5.74, 6) is -0.260. The van der Waals surface area contributed by atoms with Gasteiger partial charge in [0.05, 0.1) is 18.7 Å². The second kappa shape index (κ2) is 9.51. The molecule has 2 aromatic rings. The van der Waals surface area contributed by atoms with E-state index in [1.807, 2.05) is 19.9 Å². The Morgan fingerprint density at radius 3 is 2.61 bits per heavy atom. The Kier molecular flexibility index (Phi) is 6.80. The van der Waals surface area contributed by atoms with E-state index in [4.69, 9.17) is 9.47 Å². The molecule has 1 aliphatic heterocycles. The number of aliphatic hydroxyl groups excluding tert-OH is 1. The van der Waals surface area contributed by atoms with Gasteiger partial charge in [-0.3, -0.25) is 9.59 Å². The van der Waals surface area contributed by atoms with Gasteiger partial charge in [-0.2, -0.15) is 0 Å². The van der Waals surface area contributed by atoms with Crippen LogP contribution in [-0.2, 0) is 9.59 Å². The zero-order valence-corrected chi connectivity index (χ0v) is 18.1. The van der Waals surface area contributed by atoms with Crippen LogP contribution in [0.15, 0.2) is 60.7 Å². The summed E-state index contributed by atoms with van der Waals surface area (Å²) in [7, 11) is 1.56. The molecule has 6 nitrogen and oxygen atoms in total. The number of methoxy groups -OCH3 is 1. The lowest BCUT2D eigenvalue weighted by Gasteiger charge is -2.25. The molecule has 1 aliphatic rings. The Hall–Kier alpha value is -3.54. The summed E-state index contributed by atoms with van der Waals surface area (Å²) in [5, 5.41) is 11.2. The number of aliphatic hydroxyl groups is 1. The number of nitrogens with zero attached hydrogens (tertiary/aromatic N) is 1. The number of benzene rings is 2. The van der Waals surface area contributed by atoms with E-state index in [1.165, 1.54) is 4.90 Å². The summed E-state index contributed by atoms with van der Waals surface area (Å²) < 4.78 is 10.9. The smallest absolute Gasteiger partial charge is 0.295 e. The molecule has 2 aromatic carbocycles. The van der Waals surface area contributed by atoms with Crippen molar-refractivity contribution in [1.82, 2.24) is 4.90 Å². The Bertz CT molecular complexity index is 1040. The maximum absolute atomic E-state index is 13.0. The molecule has 1 saturated heterocycles. The first kappa shape index (κ1) is 22.2. The van der Waals surface area contributed by atoms with Crippen molar-refractivity contribution in [2.45, 2.75) is 26.3 Å². The largest absolute Gasteiger partial charge is 0.507 e. The number of hydrogen-bond donors (Lipinski definition) is 1. The van der Waals surface area contributed by atoms with E-state index < -0.39 is 17.7 Å². The highest BCUT2D eigenvalue weighted by atomic mass is 16.5. The fraction of sp³-hybridized carbons (Fsp3) is 0.280. The third kappa shape index (κ3) is 4.33. The molecule has 1 N–H and O–H groups in total. The normalized spacial score (nSPS) is 17.6. The molecule has 6 heteroatoms. The Morgan fingerprint density at radius 2 is 1.97 bits per heavy atom. The third-order valence-electron chi connectivity index (χ3n) is 5.23. The van der Waals surface area contributed by atoms with E-state index in [0.29, 0.717) is 42.2 Å². The second-order valence-corrected chi connectivity index (χ2v) is 7.35. The summed E-state index contributed by atoms with van der Waals surface area (Å²) >= 11 is 0. The minimum atomic E-state index is -0.700. The van der Waals surface area contributed by atoms with E-state index in [2.05, 4.69) is 6.58 Å². The molecule has 0 aromatic heterocycles. The third-order valence-corrected chi connectivity index (χ3v) is 5.23. The van der Waals surface area contributed by atoms with Crippen LogP contribution in [0, 0.1) is 6.92 Å². The highest BCUT2D eigenvalue weighted by Crippen LogP contribution is 2.41. The van der Waals surface area contributed by atoms with E-state index in [9.17, 15) is 14.7 Å². The number of likely N-dealkylation sites (tertiary alicyclic amines) is 1. The number of rotatable bonds is 8. The van der Waals surface area contributed by atoms with Crippen LogP contribution in [0.1, 0.15) is 36.1 Å². The maximum Gasteiger partial charge on any atom is 0.295 e. The Morgan fingerprint density at radius 1 is 1.19 bits per heavy atom. The first-order chi connectivity index (χ1) is 14.9. The van der Waals surface area contributed by atoms with Crippen molar-refractivity contribution in [2.75, 3.05) is 20.3 Å². The summed E-state index contributed by atoms with van der Waals surface area (Å²) in [4.78, 5) is 27.3. The molecule has 1 fully saturated rings. The molecular weight excluding hydrogens is 394 g/mol. The van der Waals surface area contributed by atoms with E-state index in [1.54, 1.807) is 49.6 Å². The van der Waals surface area contributed by atoms with Crippen LogP contribution in [0.2, 0.25) is 0 Å². The molecular formula is C25H27NO5. The minimum absolute atomic E-state index is 0.0765. The van der Waals surface area contributed by atoms with Gasteiger partial charge in [-0.1, -0.05) is 31.7 Å². The molecule has 31 heavy (non-hydrogen) atoms. The van der Waals surface area contributed by atoms with Gasteiger partial charge in [0.1, 0.15) is 23.9 Å². The number of aryl methyl sites for hydroxylation is 1. The molecule has 1 atom stereocenters. The molecule has 0 aliphatic carbocycles. The van der Waals surface area contributed by atoms with Crippen molar-refractivity contribution < 1.29 is 24.2 Å². The molecule has 0 saturated carbocycles. The van der Waals surface area contributed by atoms with Gasteiger partial charge in [-0.05, 0) is 54.8 Å². The first-order valence-electron chi connectivity index (χ1n) is 10.2. The van der Waals surface area contributed by atoms with Crippen molar-refractivity contribution in [3.8, 4) is 11.5 Å². The number of ether oxygens (including phenoxy) is 2. The van der Waals surface area contributed by atoms with Crippen molar-refractivity contribution in [3.63, 3.8) is 0 Å². The molecule has 1 unspecified atom stereocenters. The van der Waals surface area contributed by atoms with Crippen LogP contribution in [0.3, 0.4) is 0 Å². The molecule has 0 radical (unpaired) electrons. The summed E-state index contributed by atoms with van der Waals surface area (Å²) in [6.45, 7) is 8.14. The fourth-order valence-corrected chi connectivity index (χ4v) is 3.80. The molecule has 3 rings (SSSR count). The SMILES string of the molecule is C=CCOc1cccc(C2/C(=C(\O)c3ccc(OC)cc3C)C(=O)C(=O)N2CCC)c1. The highest BCUT2D eigenvalue weighted by Gasteiger charge is 2.45. The van der Waals surface area contributed by atoms with Gasteiger partial charge in [0, 0.05) is 12.1 Å². The van der Waals surface area contributed by atoms with Gasteiger partial charge in [-0.25, -0.2) is 0 Å². The monoisotopic (exact) mass is 421 g/mol. The van der Waals surface area contributed by atoms with Gasteiger partial charge in [0.2, 0.25) is 0 Å². The topological polar surface area (TPSA) is 76.1 Å². The van der Waals surface area contributed by atoms with Gasteiger partial charge >= 0.3 is 0 Å². The number of amides is 1. The van der Waals surface area contributed by atoms with Crippen LogP contribution in [0.5, 0.6) is 11.5 Å². The van der Waals surface area contributed by atoms with Crippen LogP contribution < -0.4 is 9.47 Å². The van der Waals surface area contributed by atoms with E-state index in [0.717, 1.165) is 5.56 Å². The van der Waals surface area contributed by atoms with Gasteiger partial charge in [0.25, 0.3) is 11.7 Å². The van der Waals surface area contributed by atoms with Crippen LogP contribution in [-0.4, -0.2) is 42.0 Å². The number of Topliss-reactive ketones (excluding diaryl/α,β-unsaturated/α-hetero) is 1. The summed E-state index contributed by atoms with van der Waals surface area (Å²) in [6.07, 6.45) is 2.32. The quantitative estimate of drug-likeness (QED) is 0.296. The van der Waals surface area contributed by atoms with Crippen LogP contribution in [0.25, 0.3) is 5.76 Å². The number of carbonyl (C=O) groups excluding carboxylic acids is 2. The van der Waals surface area contributed by atoms with Crippen molar-refractivity contribution in [2.24, 2.45) is 0 Å². The predicted molar refractivity (Wildman–Crippen MR) is 119 cm³/mol. The average molecular weight is 421 g/mol. The standard InChI is InChI=1S/C25H27NO5/c1-5-12-26-22(17-8-7-9-19(15-17)31-13-6-2)21(24(28)25(26)29)23(27)20-11-10-18(30-4)14-16(20)3/h6-11,14-15,22,27H,2,5,12-13H2,1,3-4H3/b23-21+. The maximum atomic E-state index is 13.0. The molecule has 1 amide bonds. The minimum Gasteiger partial charge on any atom is -0.507 e. The van der Waals surface area contributed by atoms with E-state index in [-0.39, 0.29) is 11.3 Å². The number of hydrogen-bond acceptors (Lipinski definition) is 5. The lowest BCUT2D eigenvalue weighted by atomic mass is 9.93. The lowest BCUT2D eigenvalue weighted by Crippen LogP contribution is -2.30. The van der Waals surface area contributed by atoms with Gasteiger partial charge in [0.15, 0.2) is 0 Å². The van der Waals surface area contributed by atoms with Crippen molar-refractivity contribution in [1.29, 1.82) is 0 Å². The van der Waals surface area contributed by atoms with Gasteiger partial charge < -0.3 is 19.5 Å². The summed E-state index contributed by atoms with van der Waals surface area (Å²) in [5.41, 5.74) is 1.99. The molecule has 1 heterocycles. The highest BCUT2D eigenvalue weighted by molar-refractivity contribution is 6.46. The van der Waals surface area contributed by atoms with Crippen LogP contribution >= 0.6 is 0 Å². The van der Waals surface area contributed by atoms with Crippen LogP contribution in [0.4, 0.5) is 0 Å². The average Bonchev–Trinajstić information content (AvgIpc) is 3.02. The first-order valence-corrected chi connectivity index (χ1v) is 10.2. The molecule has 162 valence electrons. The van der Waals surface area contributed by atoms with Gasteiger partial charge in [-0.15, -0.1) is 0 Å². The number of carbonyl (C=O) groups is 2. The van der Waals surface area contributed by atoms with Crippen molar-refractivity contribution >= 4 is 17.4 Å². The number of ketones is 1. The second-order valence-electron chi connectivity index (χ2n) is 7.35. The van der Waals surface area contributed by atoms with Crippen molar-refractivity contribution in [3.05, 3.63) is 77.4 Å². The predicted octanol–water partition coefficient (Wildman–Crippen LogP) is 4.40. The Labute approximate surface area is 182 Å². The van der Waals surface area contributed by atoms with E-state index >= 15 is 0 Å². The summed E-state index contributed by atoms with van der Waals surface area (Å²) in [6, 6.07) is 11.7. The molecule has 0 bridgehead atoms. The fourth-order valence-electron chi connectivity index (χ4n) is 3.80. The molecule has 0 spiro atoms. The lowest BCUT2D eigenvalue weighted by molar-refractivity contribution is -0.139. The zero-order valence-electron chi connectivity index (χ0n) is 18.1. The zero-order chi connectivity index (χ0) is 22.5. The Balaban J connectivity index is 2.16.